The van der Waals surface area contributed by atoms with Crippen molar-refractivity contribution in [3.8, 4) is 11.4 Å². The van der Waals surface area contributed by atoms with Gasteiger partial charge >= 0.3 is 6.01 Å². The van der Waals surface area contributed by atoms with Gasteiger partial charge in [0.15, 0.2) is 0 Å². The Kier molecular flexibility index (Phi) is 2.65. The van der Waals surface area contributed by atoms with Crippen LogP contribution in [0.2, 0.25) is 0 Å². The number of anilines is 1. The Morgan fingerprint density at radius 2 is 2.27 bits per heavy atom. The molecule has 0 spiro atoms. The fraction of sp³-hybridized carbons (Fsp3) is 0. The minimum Gasteiger partial charge on any atom is -0.314 e. The van der Waals surface area contributed by atoms with Crippen molar-refractivity contribution in [1.82, 2.24) is 10.1 Å². The number of nitrogens with two attached hydrogens (primary N) is 1. The van der Waals surface area contributed by atoms with Gasteiger partial charge in [-0.15, -0.1) is 0 Å². The molecule has 2 rings (SSSR count). The van der Waals surface area contributed by atoms with Gasteiger partial charge in [0.2, 0.25) is 5.82 Å². The Balaban J connectivity index is 2.40. The summed E-state index contributed by atoms with van der Waals surface area (Å²) in [6.07, 6.45) is 0. The molecule has 5 nitrogen and oxygen atoms in total. The van der Waals surface area contributed by atoms with E-state index in [2.05, 4.69) is 31.5 Å². The van der Waals surface area contributed by atoms with Crippen molar-refractivity contribution in [3.63, 3.8) is 0 Å². The van der Waals surface area contributed by atoms with Crippen LogP contribution in [0.4, 0.5) is 10.4 Å². The Morgan fingerprint density at radius 1 is 1.47 bits per heavy atom. The molecule has 0 aliphatic rings. The molecule has 1 aromatic heterocycles. The van der Waals surface area contributed by atoms with Gasteiger partial charge in [0.05, 0.1) is 4.47 Å². The van der Waals surface area contributed by atoms with Crippen LogP contribution in [0.25, 0.3) is 11.4 Å². The largest absolute Gasteiger partial charge is 0.335 e. The Hall–Kier alpha value is -1.47. The molecule has 0 unspecified atom stereocenters. The van der Waals surface area contributed by atoms with Gasteiger partial charge < -0.3 is 4.52 Å². The average molecular weight is 273 g/mol. The van der Waals surface area contributed by atoms with Crippen molar-refractivity contribution in [1.29, 1.82) is 0 Å². The monoisotopic (exact) mass is 272 g/mol. The average Bonchev–Trinajstić information content (AvgIpc) is 2.70. The summed E-state index contributed by atoms with van der Waals surface area (Å²) >= 11 is 3.07. The number of hydrazine groups is 1. The van der Waals surface area contributed by atoms with Crippen LogP contribution in [0.15, 0.2) is 27.2 Å². The van der Waals surface area contributed by atoms with Gasteiger partial charge in [0, 0.05) is 5.56 Å². The van der Waals surface area contributed by atoms with Gasteiger partial charge in [-0.2, -0.15) is 4.98 Å². The summed E-state index contributed by atoms with van der Waals surface area (Å²) in [5, 5.41) is 3.66. The van der Waals surface area contributed by atoms with Crippen molar-refractivity contribution in [2.24, 2.45) is 5.84 Å². The minimum absolute atomic E-state index is 0.102. The first kappa shape index (κ1) is 10.1. The highest BCUT2D eigenvalue weighted by atomic mass is 79.9. The molecule has 78 valence electrons. The first-order valence-electron chi connectivity index (χ1n) is 3.96. The highest BCUT2D eigenvalue weighted by Gasteiger charge is 2.09. The number of halogens is 2. The van der Waals surface area contributed by atoms with Crippen LogP contribution in [0, 0.1) is 5.82 Å². The highest BCUT2D eigenvalue weighted by Crippen LogP contribution is 2.23. The van der Waals surface area contributed by atoms with Gasteiger partial charge in [-0.1, -0.05) is 5.16 Å². The second-order valence-electron chi connectivity index (χ2n) is 2.70. The van der Waals surface area contributed by atoms with E-state index in [1.165, 1.54) is 6.07 Å². The zero-order chi connectivity index (χ0) is 10.8. The van der Waals surface area contributed by atoms with E-state index in [-0.39, 0.29) is 11.8 Å². The zero-order valence-electron chi connectivity index (χ0n) is 7.37. The number of aromatic nitrogens is 2. The van der Waals surface area contributed by atoms with E-state index in [0.717, 1.165) is 0 Å². The maximum atomic E-state index is 12.9. The van der Waals surface area contributed by atoms with Gasteiger partial charge in [-0.05, 0) is 34.1 Å². The summed E-state index contributed by atoms with van der Waals surface area (Å²) in [6, 6.07) is 4.52. The summed E-state index contributed by atoms with van der Waals surface area (Å²) in [5.74, 6) is 5.07. The summed E-state index contributed by atoms with van der Waals surface area (Å²) in [5.41, 5.74) is 2.85. The van der Waals surface area contributed by atoms with Gasteiger partial charge in [0.1, 0.15) is 5.82 Å². The molecule has 0 bridgehead atoms. The summed E-state index contributed by atoms with van der Waals surface area (Å²) < 4.78 is 18.0. The van der Waals surface area contributed by atoms with E-state index in [4.69, 9.17) is 10.4 Å². The van der Waals surface area contributed by atoms with Crippen molar-refractivity contribution in [2.75, 3.05) is 5.43 Å². The second kappa shape index (κ2) is 3.95. The molecule has 1 aromatic carbocycles. The molecular weight excluding hydrogens is 267 g/mol. The van der Waals surface area contributed by atoms with Crippen molar-refractivity contribution < 1.29 is 8.91 Å². The van der Waals surface area contributed by atoms with Gasteiger partial charge in [0.25, 0.3) is 0 Å². The van der Waals surface area contributed by atoms with Crippen molar-refractivity contribution in [2.45, 2.75) is 0 Å². The fourth-order valence-electron chi connectivity index (χ4n) is 1.03. The topological polar surface area (TPSA) is 77.0 Å². The minimum atomic E-state index is -0.348. The number of hydrogen-bond donors (Lipinski definition) is 2. The van der Waals surface area contributed by atoms with E-state index >= 15 is 0 Å². The first-order valence-corrected chi connectivity index (χ1v) is 4.76. The van der Waals surface area contributed by atoms with E-state index in [1.807, 2.05) is 0 Å². The lowest BCUT2D eigenvalue weighted by molar-refractivity contribution is 0.432. The molecule has 0 amide bonds. The summed E-state index contributed by atoms with van der Waals surface area (Å²) in [6.45, 7) is 0. The quantitative estimate of drug-likeness (QED) is 0.645. The van der Waals surface area contributed by atoms with Crippen LogP contribution in [-0.4, -0.2) is 10.1 Å². The molecule has 3 N–H and O–H groups in total. The Bertz CT molecular complexity index is 487. The number of nitrogens with zero attached hydrogens (tertiary/aromatic N) is 2. The van der Waals surface area contributed by atoms with Crippen LogP contribution >= 0.6 is 15.9 Å². The lowest BCUT2D eigenvalue weighted by Crippen LogP contribution is -2.06. The third kappa shape index (κ3) is 1.97. The zero-order valence-corrected chi connectivity index (χ0v) is 8.95. The van der Waals surface area contributed by atoms with Crippen LogP contribution < -0.4 is 11.3 Å². The van der Waals surface area contributed by atoms with Crippen molar-refractivity contribution >= 4 is 21.9 Å². The highest BCUT2D eigenvalue weighted by molar-refractivity contribution is 9.10. The van der Waals surface area contributed by atoms with E-state index in [9.17, 15) is 4.39 Å². The fourth-order valence-corrected chi connectivity index (χ4v) is 1.41. The van der Waals surface area contributed by atoms with E-state index in [1.54, 1.807) is 12.1 Å². The SMILES string of the molecule is NNc1nc(-c2ccc(F)c(Br)c2)no1. The molecule has 0 fully saturated rings. The molecule has 0 saturated carbocycles. The van der Waals surface area contributed by atoms with E-state index < -0.39 is 0 Å². The predicted molar refractivity (Wildman–Crippen MR) is 55.2 cm³/mol. The smallest absolute Gasteiger partial charge is 0.314 e. The summed E-state index contributed by atoms with van der Waals surface area (Å²) in [7, 11) is 0. The second-order valence-corrected chi connectivity index (χ2v) is 3.55. The predicted octanol–water partition coefficient (Wildman–Crippen LogP) is 1.92. The maximum absolute atomic E-state index is 12.9. The van der Waals surface area contributed by atoms with Crippen molar-refractivity contribution in [3.05, 3.63) is 28.5 Å². The lowest BCUT2D eigenvalue weighted by atomic mass is 10.2. The lowest BCUT2D eigenvalue weighted by Gasteiger charge is -1.96. The number of hydrogen-bond acceptors (Lipinski definition) is 5. The molecule has 1 heterocycles. The molecule has 0 saturated heterocycles. The number of nitrogen functional groups attached to an aromatic ring is 1. The Morgan fingerprint density at radius 3 is 2.87 bits per heavy atom. The molecule has 0 atom stereocenters. The molecule has 7 heteroatoms. The normalized spacial score (nSPS) is 10.3. The maximum Gasteiger partial charge on any atom is 0.335 e. The number of nitrogens with one attached hydrogen (secondary N) is 1. The molecule has 0 radical (unpaired) electrons. The third-order valence-electron chi connectivity index (χ3n) is 1.73. The molecule has 0 aliphatic heterocycles. The molecule has 0 aliphatic carbocycles. The van der Waals surface area contributed by atoms with Crippen LogP contribution in [-0.2, 0) is 0 Å². The molecule has 15 heavy (non-hydrogen) atoms. The third-order valence-corrected chi connectivity index (χ3v) is 2.34. The first-order chi connectivity index (χ1) is 7.20. The summed E-state index contributed by atoms with van der Waals surface area (Å²) in [4.78, 5) is 3.91. The van der Waals surface area contributed by atoms with Crippen LogP contribution in [0.1, 0.15) is 0 Å². The Labute approximate surface area is 92.6 Å². The van der Waals surface area contributed by atoms with Crippen LogP contribution in [0.5, 0.6) is 0 Å². The van der Waals surface area contributed by atoms with E-state index in [0.29, 0.717) is 15.9 Å². The van der Waals surface area contributed by atoms with Gasteiger partial charge in [-0.25, -0.2) is 10.2 Å². The number of rotatable bonds is 2. The molecular formula is C8H6BrFN4O. The number of benzene rings is 1. The van der Waals surface area contributed by atoms with Crippen LogP contribution in [0.3, 0.4) is 0 Å². The standard InChI is InChI=1S/C8H6BrFN4O/c9-5-3-4(1-2-6(5)10)7-12-8(13-11)15-14-7/h1-3H,11H2,(H,12,13,14). The molecule has 2 aromatic rings. The van der Waals surface area contributed by atoms with Gasteiger partial charge in [-0.3, -0.25) is 5.43 Å².